The van der Waals surface area contributed by atoms with Crippen LogP contribution in [0.4, 0.5) is 5.95 Å². The summed E-state index contributed by atoms with van der Waals surface area (Å²) in [5.41, 5.74) is 1.06. The third-order valence-corrected chi connectivity index (χ3v) is 4.82. The number of anilines is 1. The average molecular weight is 383 g/mol. The minimum absolute atomic E-state index is 0.0359. The Kier molecular flexibility index (Phi) is 7.19. The molecule has 1 aliphatic heterocycles. The molecule has 28 heavy (non-hydrogen) atoms. The molecule has 7 heteroatoms. The van der Waals surface area contributed by atoms with Crippen LogP contribution in [0.1, 0.15) is 18.4 Å². The molecule has 0 radical (unpaired) electrons. The van der Waals surface area contributed by atoms with Crippen LogP contribution in [0.5, 0.6) is 5.75 Å². The molecule has 0 bridgehead atoms. The van der Waals surface area contributed by atoms with Crippen molar-refractivity contribution in [1.29, 1.82) is 0 Å². The topological polar surface area (TPSA) is 70.6 Å². The summed E-state index contributed by atoms with van der Waals surface area (Å²) in [7, 11) is 4.04. The third-order valence-electron chi connectivity index (χ3n) is 4.82. The fourth-order valence-electron chi connectivity index (χ4n) is 3.21. The lowest BCUT2D eigenvalue weighted by Gasteiger charge is -2.31. The maximum atomic E-state index is 12.6. The number of benzene rings is 1. The van der Waals surface area contributed by atoms with Gasteiger partial charge in [0.2, 0.25) is 11.9 Å². The number of piperidine rings is 1. The molecule has 0 spiro atoms. The highest BCUT2D eigenvalue weighted by Crippen LogP contribution is 2.20. The summed E-state index contributed by atoms with van der Waals surface area (Å²) in [4.78, 5) is 25.4. The van der Waals surface area contributed by atoms with Gasteiger partial charge in [-0.05, 0) is 50.7 Å². The number of carbonyl (C=O) groups is 1. The molecule has 1 atom stereocenters. The fraction of sp³-hybridized carbons (Fsp3) is 0.476. The van der Waals surface area contributed by atoms with Gasteiger partial charge in [-0.1, -0.05) is 12.1 Å². The summed E-state index contributed by atoms with van der Waals surface area (Å²) < 4.78 is 5.70. The number of nitrogens with one attached hydrogen (secondary N) is 1. The van der Waals surface area contributed by atoms with Crippen LogP contribution < -0.4 is 15.0 Å². The zero-order valence-electron chi connectivity index (χ0n) is 16.7. The summed E-state index contributed by atoms with van der Waals surface area (Å²) in [5, 5.41) is 3.06. The van der Waals surface area contributed by atoms with Crippen molar-refractivity contribution in [3.8, 4) is 5.75 Å². The summed E-state index contributed by atoms with van der Waals surface area (Å²) >= 11 is 0. The van der Waals surface area contributed by atoms with Gasteiger partial charge in [-0.25, -0.2) is 9.97 Å². The second-order valence-electron chi connectivity index (χ2n) is 7.35. The molecule has 2 heterocycles. The molecule has 2 aromatic rings. The molecule has 1 saturated heterocycles. The predicted molar refractivity (Wildman–Crippen MR) is 109 cm³/mol. The van der Waals surface area contributed by atoms with E-state index in [-0.39, 0.29) is 11.8 Å². The van der Waals surface area contributed by atoms with Crippen LogP contribution >= 0.6 is 0 Å². The molecule has 1 aromatic carbocycles. The molecule has 0 aliphatic carbocycles. The SMILES string of the molecule is CN(C)CCOc1ccc(CNC(=O)[C@H]2CCCN(c3ncccn3)C2)cc1. The molecule has 3 rings (SSSR count). The van der Waals surface area contributed by atoms with E-state index in [1.54, 1.807) is 18.5 Å². The average Bonchev–Trinajstić information content (AvgIpc) is 2.73. The van der Waals surface area contributed by atoms with Crippen molar-refractivity contribution in [2.75, 3.05) is 45.2 Å². The molecule has 1 aromatic heterocycles. The molecule has 150 valence electrons. The Morgan fingerprint density at radius 3 is 2.71 bits per heavy atom. The Balaban J connectivity index is 1.46. The maximum Gasteiger partial charge on any atom is 0.225 e. The number of hydrogen-bond acceptors (Lipinski definition) is 6. The van der Waals surface area contributed by atoms with E-state index in [1.165, 1.54) is 0 Å². The fourth-order valence-corrected chi connectivity index (χ4v) is 3.21. The molecule has 1 amide bonds. The zero-order chi connectivity index (χ0) is 19.8. The summed E-state index contributed by atoms with van der Waals surface area (Å²) in [6, 6.07) is 9.70. The monoisotopic (exact) mass is 383 g/mol. The number of likely N-dealkylation sites (N-methyl/N-ethyl adjacent to an activating group) is 1. The van der Waals surface area contributed by atoms with E-state index in [4.69, 9.17) is 4.74 Å². The van der Waals surface area contributed by atoms with Gasteiger partial charge in [0, 0.05) is 38.6 Å². The van der Waals surface area contributed by atoms with Crippen LogP contribution in [0, 0.1) is 5.92 Å². The van der Waals surface area contributed by atoms with E-state index in [9.17, 15) is 4.79 Å². The minimum atomic E-state index is -0.0359. The Hall–Kier alpha value is -2.67. The third kappa shape index (κ3) is 5.92. The number of nitrogens with zero attached hydrogens (tertiary/aromatic N) is 4. The quantitative estimate of drug-likeness (QED) is 0.751. The van der Waals surface area contributed by atoms with Crippen molar-refractivity contribution in [3.05, 3.63) is 48.3 Å². The molecule has 7 nitrogen and oxygen atoms in total. The Bertz CT molecular complexity index is 736. The standard InChI is InChI=1S/C21H29N5O2/c1-25(2)13-14-28-19-8-6-17(7-9-19)15-24-20(27)18-5-3-12-26(16-18)21-22-10-4-11-23-21/h4,6-11,18H,3,5,12-16H2,1-2H3,(H,24,27)/t18-/m0/s1. The van der Waals surface area contributed by atoms with E-state index in [1.807, 2.05) is 38.4 Å². The van der Waals surface area contributed by atoms with Crippen LogP contribution in [0.2, 0.25) is 0 Å². The van der Waals surface area contributed by atoms with E-state index in [2.05, 4.69) is 25.1 Å². The van der Waals surface area contributed by atoms with Crippen molar-refractivity contribution in [2.24, 2.45) is 5.92 Å². The molecule has 1 fully saturated rings. The van der Waals surface area contributed by atoms with Gasteiger partial charge >= 0.3 is 0 Å². The summed E-state index contributed by atoms with van der Waals surface area (Å²) in [6.07, 6.45) is 5.34. The normalized spacial score (nSPS) is 16.8. The Morgan fingerprint density at radius 2 is 2.00 bits per heavy atom. The number of carbonyl (C=O) groups excluding carboxylic acids is 1. The second kappa shape index (κ2) is 10.0. The van der Waals surface area contributed by atoms with Gasteiger partial charge < -0.3 is 19.9 Å². The van der Waals surface area contributed by atoms with E-state index in [0.717, 1.165) is 37.2 Å². The Labute approximate surface area is 166 Å². The van der Waals surface area contributed by atoms with Crippen LogP contribution in [0.25, 0.3) is 0 Å². The maximum absolute atomic E-state index is 12.6. The summed E-state index contributed by atoms with van der Waals surface area (Å²) in [5.74, 6) is 1.60. The predicted octanol–water partition coefficient (Wildman–Crippen LogP) is 1.95. The van der Waals surface area contributed by atoms with E-state index >= 15 is 0 Å². The first-order valence-corrected chi connectivity index (χ1v) is 9.78. The highest BCUT2D eigenvalue weighted by atomic mass is 16.5. The van der Waals surface area contributed by atoms with Crippen molar-refractivity contribution >= 4 is 11.9 Å². The zero-order valence-corrected chi connectivity index (χ0v) is 16.7. The Morgan fingerprint density at radius 1 is 1.25 bits per heavy atom. The smallest absolute Gasteiger partial charge is 0.225 e. The van der Waals surface area contributed by atoms with Gasteiger partial charge in [0.15, 0.2) is 0 Å². The lowest BCUT2D eigenvalue weighted by molar-refractivity contribution is -0.125. The van der Waals surface area contributed by atoms with Crippen molar-refractivity contribution in [1.82, 2.24) is 20.2 Å². The largest absolute Gasteiger partial charge is 0.492 e. The van der Waals surface area contributed by atoms with E-state index < -0.39 is 0 Å². The molecule has 1 aliphatic rings. The molecular formula is C21H29N5O2. The number of aromatic nitrogens is 2. The molecule has 0 unspecified atom stereocenters. The number of ether oxygens (including phenoxy) is 1. The molecule has 1 N–H and O–H groups in total. The number of rotatable bonds is 8. The van der Waals surface area contributed by atoms with Crippen LogP contribution in [-0.2, 0) is 11.3 Å². The van der Waals surface area contributed by atoms with Gasteiger partial charge in [0.1, 0.15) is 12.4 Å². The molecular weight excluding hydrogens is 354 g/mol. The first-order chi connectivity index (χ1) is 13.6. The van der Waals surface area contributed by atoms with Crippen LogP contribution in [0.15, 0.2) is 42.7 Å². The number of hydrogen-bond donors (Lipinski definition) is 1. The van der Waals surface area contributed by atoms with Gasteiger partial charge in [-0.3, -0.25) is 4.79 Å². The van der Waals surface area contributed by atoms with Gasteiger partial charge in [-0.15, -0.1) is 0 Å². The van der Waals surface area contributed by atoms with Gasteiger partial charge in [-0.2, -0.15) is 0 Å². The second-order valence-corrected chi connectivity index (χ2v) is 7.35. The first-order valence-electron chi connectivity index (χ1n) is 9.78. The van der Waals surface area contributed by atoms with Crippen LogP contribution in [-0.4, -0.2) is 61.1 Å². The number of amides is 1. The highest BCUT2D eigenvalue weighted by molar-refractivity contribution is 5.79. The summed E-state index contributed by atoms with van der Waals surface area (Å²) in [6.45, 7) is 3.61. The van der Waals surface area contributed by atoms with Crippen molar-refractivity contribution in [2.45, 2.75) is 19.4 Å². The van der Waals surface area contributed by atoms with Crippen molar-refractivity contribution < 1.29 is 9.53 Å². The van der Waals surface area contributed by atoms with Crippen LogP contribution in [0.3, 0.4) is 0 Å². The highest BCUT2D eigenvalue weighted by Gasteiger charge is 2.26. The lowest BCUT2D eigenvalue weighted by atomic mass is 9.97. The van der Waals surface area contributed by atoms with Gasteiger partial charge in [0.05, 0.1) is 5.92 Å². The first kappa shape index (κ1) is 20.1. The van der Waals surface area contributed by atoms with Crippen molar-refractivity contribution in [3.63, 3.8) is 0 Å². The van der Waals surface area contributed by atoms with E-state index in [0.29, 0.717) is 25.6 Å². The minimum Gasteiger partial charge on any atom is -0.492 e. The molecule has 0 saturated carbocycles. The lowest BCUT2D eigenvalue weighted by Crippen LogP contribution is -2.43. The van der Waals surface area contributed by atoms with Gasteiger partial charge in [0.25, 0.3) is 0 Å².